The van der Waals surface area contributed by atoms with Gasteiger partial charge in [-0.1, -0.05) is 60.7 Å². The van der Waals surface area contributed by atoms with E-state index in [9.17, 15) is 0 Å². The Hall–Kier alpha value is -1.64. The molecule has 0 aromatic heterocycles. The van der Waals surface area contributed by atoms with Crippen molar-refractivity contribution in [2.45, 2.75) is 64.2 Å². The van der Waals surface area contributed by atoms with Crippen LogP contribution in [0.4, 0.5) is 0 Å². The van der Waals surface area contributed by atoms with Crippen molar-refractivity contribution in [1.29, 1.82) is 0 Å². The SMILES string of the molecule is c1ccc(C[C@@H]2C[N+]3(CCCCCC[N+]45CCC(CC4)[C@H](Cc4ccccc4)C5)CCC2CC3)cc1. The van der Waals surface area contributed by atoms with Gasteiger partial charge in [0.05, 0.1) is 52.4 Å². The van der Waals surface area contributed by atoms with Crippen LogP contribution in [0.2, 0.25) is 0 Å². The summed E-state index contributed by atoms with van der Waals surface area (Å²) in [6.07, 6.45) is 14.4. The summed E-state index contributed by atoms with van der Waals surface area (Å²) in [4.78, 5) is 0. The van der Waals surface area contributed by atoms with Gasteiger partial charge in [-0.15, -0.1) is 0 Å². The number of quaternary nitrogens is 2. The average molecular weight is 487 g/mol. The lowest BCUT2D eigenvalue weighted by Crippen LogP contribution is -2.62. The van der Waals surface area contributed by atoms with E-state index < -0.39 is 0 Å². The third kappa shape index (κ3) is 5.60. The Kier molecular flexibility index (Phi) is 7.54. The van der Waals surface area contributed by atoms with E-state index in [4.69, 9.17) is 0 Å². The van der Waals surface area contributed by atoms with Crippen LogP contribution in [0.1, 0.15) is 62.5 Å². The maximum atomic E-state index is 2.35. The van der Waals surface area contributed by atoms with Crippen molar-refractivity contribution in [2.24, 2.45) is 23.7 Å². The minimum Gasteiger partial charge on any atom is -0.323 e. The van der Waals surface area contributed by atoms with Gasteiger partial charge in [0.2, 0.25) is 0 Å². The Balaban J connectivity index is 0.933. The molecule has 36 heavy (non-hydrogen) atoms. The number of hydrogen-bond acceptors (Lipinski definition) is 0. The summed E-state index contributed by atoms with van der Waals surface area (Å²) in [5.74, 6) is 3.85. The molecule has 6 saturated heterocycles. The van der Waals surface area contributed by atoms with Crippen molar-refractivity contribution >= 4 is 0 Å². The Labute approximate surface area is 220 Å². The number of nitrogens with zero attached hydrogens (tertiary/aromatic N) is 2. The van der Waals surface area contributed by atoms with Gasteiger partial charge in [-0.3, -0.25) is 0 Å². The zero-order chi connectivity index (χ0) is 24.3. The molecule has 2 aromatic rings. The predicted octanol–water partition coefficient (Wildman–Crippen LogP) is 6.75. The van der Waals surface area contributed by atoms with Gasteiger partial charge in [0.15, 0.2) is 0 Å². The fraction of sp³-hybridized carbons (Fsp3) is 0.647. The fourth-order valence-corrected chi connectivity index (χ4v) is 9.05. The fourth-order valence-electron chi connectivity index (χ4n) is 9.05. The molecule has 6 aliphatic rings. The maximum Gasteiger partial charge on any atom is 0.0821 e. The van der Waals surface area contributed by atoms with Gasteiger partial charge in [-0.2, -0.15) is 0 Å². The molecule has 2 nitrogen and oxygen atoms in total. The van der Waals surface area contributed by atoms with Gasteiger partial charge in [-0.25, -0.2) is 0 Å². The van der Waals surface area contributed by atoms with Gasteiger partial charge in [0, 0.05) is 37.5 Å². The molecule has 2 heteroatoms. The highest BCUT2D eigenvalue weighted by molar-refractivity contribution is 5.16. The first-order valence-corrected chi connectivity index (χ1v) is 15.5. The van der Waals surface area contributed by atoms with Crippen LogP contribution >= 0.6 is 0 Å². The predicted molar refractivity (Wildman–Crippen MR) is 151 cm³/mol. The second-order valence-corrected chi connectivity index (χ2v) is 13.4. The van der Waals surface area contributed by atoms with E-state index in [1.165, 1.54) is 126 Å². The minimum atomic E-state index is 0.927. The van der Waals surface area contributed by atoms with E-state index in [1.54, 1.807) is 11.1 Å². The molecule has 0 amide bonds. The lowest BCUT2D eigenvalue weighted by atomic mass is 9.74. The molecule has 0 N–H and O–H groups in total. The van der Waals surface area contributed by atoms with Gasteiger partial charge >= 0.3 is 0 Å². The highest BCUT2D eigenvalue weighted by Gasteiger charge is 2.46. The lowest BCUT2D eigenvalue weighted by molar-refractivity contribution is -0.947. The number of hydrogen-bond donors (Lipinski definition) is 0. The van der Waals surface area contributed by atoms with Gasteiger partial charge in [-0.05, 0) is 61.5 Å². The molecule has 6 aliphatic heterocycles. The zero-order valence-corrected chi connectivity index (χ0v) is 22.7. The summed E-state index contributed by atoms with van der Waals surface area (Å²) in [7, 11) is 0. The summed E-state index contributed by atoms with van der Waals surface area (Å²) in [5, 5.41) is 0. The standard InChI is InChI=1S/C34H50N2/c1(9-19-35-21-15-31(16-22-35)33(27-35)25-29-11-5-3-6-12-29)2-10-20-36-23-17-32(18-24-36)34(28-36)26-30-13-7-4-8-14-30/h3-8,11-14,31-34H,1-2,9-10,15-28H2/q+2/t31?,32?,33-,34-,35?,36?/m1/s1. The zero-order valence-electron chi connectivity index (χ0n) is 22.7. The summed E-state index contributed by atoms with van der Waals surface area (Å²) in [6, 6.07) is 22.6. The van der Waals surface area contributed by atoms with E-state index in [1.807, 2.05) is 0 Å². The quantitative estimate of drug-likeness (QED) is 0.244. The molecular weight excluding hydrogens is 436 g/mol. The van der Waals surface area contributed by atoms with Crippen LogP contribution in [0.25, 0.3) is 0 Å². The first-order valence-electron chi connectivity index (χ1n) is 15.5. The van der Waals surface area contributed by atoms with E-state index in [0.29, 0.717) is 0 Å². The molecule has 0 unspecified atom stereocenters. The molecule has 0 spiro atoms. The van der Waals surface area contributed by atoms with Gasteiger partial charge in [0.1, 0.15) is 0 Å². The normalized spacial score (nSPS) is 35.2. The molecule has 6 heterocycles. The van der Waals surface area contributed by atoms with E-state index in [2.05, 4.69) is 60.7 Å². The van der Waals surface area contributed by atoms with Gasteiger partial charge < -0.3 is 8.97 Å². The smallest absolute Gasteiger partial charge is 0.0821 e. The molecule has 0 radical (unpaired) electrons. The van der Waals surface area contributed by atoms with Crippen molar-refractivity contribution in [3.8, 4) is 0 Å². The Morgan fingerprint density at radius 2 is 0.889 bits per heavy atom. The summed E-state index contributed by atoms with van der Waals surface area (Å²) in [5.41, 5.74) is 3.13. The number of unbranched alkanes of at least 4 members (excludes halogenated alkanes) is 3. The molecule has 4 bridgehead atoms. The molecule has 0 aliphatic carbocycles. The Bertz CT molecular complexity index is 858. The molecule has 2 atom stereocenters. The summed E-state index contributed by atoms with van der Waals surface area (Å²) < 4.78 is 2.91. The highest BCUT2D eigenvalue weighted by Crippen LogP contribution is 2.41. The molecule has 0 saturated carbocycles. The monoisotopic (exact) mass is 486 g/mol. The van der Waals surface area contributed by atoms with E-state index in [-0.39, 0.29) is 0 Å². The molecule has 194 valence electrons. The van der Waals surface area contributed by atoms with Gasteiger partial charge in [0.25, 0.3) is 0 Å². The van der Waals surface area contributed by atoms with Crippen LogP contribution in [0.3, 0.4) is 0 Å². The first-order chi connectivity index (χ1) is 17.7. The number of piperidine rings is 6. The lowest BCUT2D eigenvalue weighted by Gasteiger charge is -2.53. The third-order valence-electron chi connectivity index (χ3n) is 11.2. The van der Waals surface area contributed by atoms with Crippen molar-refractivity contribution < 1.29 is 8.97 Å². The van der Waals surface area contributed by atoms with Crippen LogP contribution < -0.4 is 0 Å². The largest absolute Gasteiger partial charge is 0.323 e. The van der Waals surface area contributed by atoms with Crippen molar-refractivity contribution in [2.75, 3.05) is 52.4 Å². The van der Waals surface area contributed by atoms with Crippen LogP contribution in [0.5, 0.6) is 0 Å². The number of benzene rings is 2. The summed E-state index contributed by atoms with van der Waals surface area (Å²) >= 11 is 0. The van der Waals surface area contributed by atoms with E-state index >= 15 is 0 Å². The first kappa shape index (κ1) is 24.7. The molecular formula is C34H50N2+2. The second-order valence-electron chi connectivity index (χ2n) is 13.4. The van der Waals surface area contributed by atoms with Crippen molar-refractivity contribution in [3.05, 3.63) is 71.8 Å². The Morgan fingerprint density at radius 1 is 0.500 bits per heavy atom. The summed E-state index contributed by atoms with van der Waals surface area (Å²) in [6.45, 7) is 11.7. The number of fused-ring (bicyclic) bond motifs is 6. The van der Waals surface area contributed by atoms with Crippen LogP contribution in [0, 0.1) is 23.7 Å². The Morgan fingerprint density at radius 3 is 1.28 bits per heavy atom. The van der Waals surface area contributed by atoms with Crippen molar-refractivity contribution in [1.82, 2.24) is 0 Å². The van der Waals surface area contributed by atoms with Crippen LogP contribution in [0.15, 0.2) is 60.7 Å². The molecule has 6 fully saturated rings. The number of rotatable bonds is 11. The van der Waals surface area contributed by atoms with E-state index in [0.717, 1.165) is 23.7 Å². The molecule has 2 aromatic carbocycles. The average Bonchev–Trinajstić information content (AvgIpc) is 2.93. The maximum absolute atomic E-state index is 2.35. The second kappa shape index (κ2) is 11.0. The van der Waals surface area contributed by atoms with Crippen LogP contribution in [-0.2, 0) is 12.8 Å². The third-order valence-corrected chi connectivity index (χ3v) is 11.2. The molecule has 8 rings (SSSR count). The topological polar surface area (TPSA) is 0 Å². The van der Waals surface area contributed by atoms with Crippen LogP contribution in [-0.4, -0.2) is 61.3 Å². The highest BCUT2D eigenvalue weighted by atomic mass is 15.4. The minimum absolute atomic E-state index is 0.927. The van der Waals surface area contributed by atoms with Crippen molar-refractivity contribution in [3.63, 3.8) is 0 Å².